The lowest BCUT2D eigenvalue weighted by Gasteiger charge is -2.18. The molecule has 0 aliphatic rings. The minimum atomic E-state index is -0.195. The van der Waals surface area contributed by atoms with Crippen molar-refractivity contribution in [2.45, 2.75) is 40.2 Å². The van der Waals surface area contributed by atoms with Gasteiger partial charge in [0.15, 0.2) is 5.96 Å². The number of carbonyl (C=O) groups is 1. The van der Waals surface area contributed by atoms with Crippen LogP contribution in [0.5, 0.6) is 0 Å². The van der Waals surface area contributed by atoms with E-state index in [1.807, 2.05) is 25.6 Å². The van der Waals surface area contributed by atoms with E-state index in [-0.39, 0.29) is 11.9 Å². The largest absolute Gasteiger partial charge is 0.357 e. The lowest BCUT2D eigenvalue weighted by Crippen LogP contribution is -2.43. The molecule has 1 aromatic carbocycles. The molecule has 3 N–H and O–H groups in total. The number of guanidine groups is 1. The van der Waals surface area contributed by atoms with Gasteiger partial charge in [-0.05, 0) is 51.8 Å². The number of aryl methyl sites for hydroxylation is 2. The molecule has 0 saturated heterocycles. The van der Waals surface area contributed by atoms with E-state index in [4.69, 9.17) is 11.6 Å². The Hall–Kier alpha value is -2.54. The van der Waals surface area contributed by atoms with Crippen molar-refractivity contribution in [3.63, 3.8) is 0 Å². The van der Waals surface area contributed by atoms with Crippen LogP contribution in [0, 0.1) is 13.8 Å². The van der Waals surface area contributed by atoms with E-state index in [9.17, 15) is 4.79 Å². The monoisotopic (exact) mass is 418 g/mol. The minimum Gasteiger partial charge on any atom is -0.357 e. The number of aromatic nitrogens is 2. The van der Waals surface area contributed by atoms with Gasteiger partial charge in [-0.3, -0.25) is 14.5 Å². The summed E-state index contributed by atoms with van der Waals surface area (Å²) in [6.45, 7) is 9.92. The molecule has 8 heteroatoms. The maximum Gasteiger partial charge on any atom is 0.252 e. The van der Waals surface area contributed by atoms with Crippen molar-refractivity contribution >= 4 is 23.5 Å². The highest BCUT2D eigenvalue weighted by Crippen LogP contribution is 2.15. The van der Waals surface area contributed by atoms with Crippen molar-refractivity contribution < 1.29 is 4.79 Å². The number of nitrogens with one attached hydrogen (secondary N) is 3. The van der Waals surface area contributed by atoms with Gasteiger partial charge in [-0.2, -0.15) is 5.10 Å². The molecule has 1 amide bonds. The van der Waals surface area contributed by atoms with Gasteiger partial charge in [-0.1, -0.05) is 23.7 Å². The average Bonchev–Trinajstić information content (AvgIpc) is 2.91. The second-order valence-electron chi connectivity index (χ2n) is 7.02. The molecule has 2 rings (SSSR count). The van der Waals surface area contributed by atoms with Crippen LogP contribution in [0.25, 0.3) is 0 Å². The molecule has 158 valence electrons. The van der Waals surface area contributed by atoms with Crippen LogP contribution in [0.3, 0.4) is 0 Å². The quantitative estimate of drug-likeness (QED) is 0.349. The van der Waals surface area contributed by atoms with Gasteiger partial charge in [-0.25, -0.2) is 0 Å². The van der Waals surface area contributed by atoms with E-state index in [0.717, 1.165) is 24.6 Å². The lowest BCUT2D eigenvalue weighted by atomic mass is 10.1. The van der Waals surface area contributed by atoms with Crippen LogP contribution in [0.2, 0.25) is 5.02 Å². The topological polar surface area (TPSA) is 83.3 Å². The highest BCUT2D eigenvalue weighted by molar-refractivity contribution is 6.33. The second-order valence-corrected chi connectivity index (χ2v) is 7.43. The van der Waals surface area contributed by atoms with E-state index in [2.05, 4.69) is 39.9 Å². The van der Waals surface area contributed by atoms with Gasteiger partial charge in [0, 0.05) is 31.9 Å². The summed E-state index contributed by atoms with van der Waals surface area (Å²) < 4.78 is 1.92. The first kappa shape index (κ1) is 22.7. The molecular formula is C21H31ClN6O. The zero-order chi connectivity index (χ0) is 21.4. The smallest absolute Gasteiger partial charge is 0.252 e. The van der Waals surface area contributed by atoms with Crippen LogP contribution in [0.15, 0.2) is 29.3 Å². The van der Waals surface area contributed by atoms with Gasteiger partial charge in [0.05, 0.1) is 22.8 Å². The zero-order valence-electron chi connectivity index (χ0n) is 17.8. The molecule has 0 bridgehead atoms. The molecule has 0 fully saturated rings. The molecule has 0 aliphatic carbocycles. The Bertz CT molecular complexity index is 861. The second kappa shape index (κ2) is 10.9. The number of benzene rings is 1. The average molecular weight is 419 g/mol. The molecule has 1 heterocycles. The van der Waals surface area contributed by atoms with Gasteiger partial charge in [0.2, 0.25) is 0 Å². The fraction of sp³-hybridized carbons (Fsp3) is 0.476. The third kappa shape index (κ3) is 6.49. The molecule has 0 aliphatic heterocycles. The summed E-state index contributed by atoms with van der Waals surface area (Å²) in [6, 6.07) is 7.19. The van der Waals surface area contributed by atoms with Gasteiger partial charge in [-0.15, -0.1) is 0 Å². The van der Waals surface area contributed by atoms with Gasteiger partial charge in [0.1, 0.15) is 0 Å². The summed E-state index contributed by atoms with van der Waals surface area (Å²) in [5, 5.41) is 14.4. The number of amides is 1. The fourth-order valence-electron chi connectivity index (χ4n) is 3.10. The lowest BCUT2D eigenvalue weighted by molar-refractivity contribution is 0.0955. The van der Waals surface area contributed by atoms with Crippen molar-refractivity contribution in [2.75, 3.05) is 19.6 Å². The van der Waals surface area contributed by atoms with E-state index in [0.29, 0.717) is 23.7 Å². The van der Waals surface area contributed by atoms with Crippen LogP contribution in [0.4, 0.5) is 0 Å². The number of rotatable bonds is 8. The molecule has 0 saturated carbocycles. The van der Waals surface area contributed by atoms with Gasteiger partial charge < -0.3 is 16.0 Å². The third-order valence-electron chi connectivity index (χ3n) is 4.68. The Balaban J connectivity index is 1.88. The highest BCUT2D eigenvalue weighted by Gasteiger charge is 2.14. The SMILES string of the molecule is CCNC(=NCCNC(=O)c1ccccc1Cl)NC(C)Cc1c(C)nn(C)c1C. The van der Waals surface area contributed by atoms with Crippen molar-refractivity contribution in [2.24, 2.45) is 12.0 Å². The van der Waals surface area contributed by atoms with Crippen molar-refractivity contribution in [3.8, 4) is 0 Å². The Morgan fingerprint density at radius 1 is 1.28 bits per heavy atom. The molecule has 1 unspecified atom stereocenters. The Morgan fingerprint density at radius 2 is 2.00 bits per heavy atom. The van der Waals surface area contributed by atoms with E-state index in [1.54, 1.807) is 24.3 Å². The summed E-state index contributed by atoms with van der Waals surface area (Å²) in [5.74, 6) is 0.533. The highest BCUT2D eigenvalue weighted by atomic mass is 35.5. The summed E-state index contributed by atoms with van der Waals surface area (Å²) in [7, 11) is 1.96. The maximum absolute atomic E-state index is 12.2. The Labute approximate surface area is 177 Å². The molecule has 7 nitrogen and oxygen atoms in total. The number of halogens is 1. The summed E-state index contributed by atoms with van der Waals surface area (Å²) in [6.07, 6.45) is 0.860. The molecule has 1 atom stereocenters. The zero-order valence-corrected chi connectivity index (χ0v) is 18.6. The first-order valence-electron chi connectivity index (χ1n) is 9.90. The van der Waals surface area contributed by atoms with Crippen molar-refractivity contribution in [1.29, 1.82) is 0 Å². The number of nitrogens with zero attached hydrogens (tertiary/aromatic N) is 3. The Kier molecular flexibility index (Phi) is 8.51. The Morgan fingerprint density at radius 3 is 2.62 bits per heavy atom. The molecule has 0 radical (unpaired) electrons. The maximum atomic E-state index is 12.2. The summed E-state index contributed by atoms with van der Waals surface area (Å²) in [4.78, 5) is 16.8. The third-order valence-corrected chi connectivity index (χ3v) is 5.01. The summed E-state index contributed by atoms with van der Waals surface area (Å²) >= 11 is 6.06. The standard InChI is InChI=1S/C21H31ClN6O/c1-6-23-21(26-14(2)13-18-15(3)27-28(5)16(18)4)25-12-11-24-20(29)17-9-7-8-10-19(17)22/h7-10,14H,6,11-13H2,1-5H3,(H,24,29)(H2,23,25,26). The number of hydrogen-bond acceptors (Lipinski definition) is 3. The molecule has 29 heavy (non-hydrogen) atoms. The molecular weight excluding hydrogens is 388 g/mol. The molecule has 0 spiro atoms. The van der Waals surface area contributed by atoms with Gasteiger partial charge >= 0.3 is 0 Å². The predicted octanol–water partition coefficient (Wildman–Crippen LogP) is 2.61. The van der Waals surface area contributed by atoms with Crippen LogP contribution in [0.1, 0.15) is 41.2 Å². The van der Waals surface area contributed by atoms with Crippen molar-refractivity contribution in [3.05, 3.63) is 51.8 Å². The van der Waals surface area contributed by atoms with Gasteiger partial charge in [0.25, 0.3) is 5.91 Å². The number of carbonyl (C=O) groups excluding carboxylic acids is 1. The minimum absolute atomic E-state index is 0.187. The van der Waals surface area contributed by atoms with Crippen LogP contribution in [-0.2, 0) is 13.5 Å². The number of hydrogen-bond donors (Lipinski definition) is 3. The van der Waals surface area contributed by atoms with Crippen molar-refractivity contribution in [1.82, 2.24) is 25.7 Å². The first-order valence-corrected chi connectivity index (χ1v) is 10.3. The van der Waals surface area contributed by atoms with Crippen LogP contribution < -0.4 is 16.0 Å². The fourth-order valence-corrected chi connectivity index (χ4v) is 3.32. The number of aliphatic imine (C=N–C) groups is 1. The summed E-state index contributed by atoms with van der Waals surface area (Å²) in [5.41, 5.74) is 3.97. The van der Waals surface area contributed by atoms with E-state index in [1.165, 1.54) is 11.3 Å². The van der Waals surface area contributed by atoms with E-state index >= 15 is 0 Å². The first-order chi connectivity index (χ1) is 13.8. The normalized spacial score (nSPS) is 12.6. The predicted molar refractivity (Wildman–Crippen MR) is 119 cm³/mol. The van der Waals surface area contributed by atoms with E-state index < -0.39 is 0 Å². The molecule has 2 aromatic rings. The molecule has 1 aromatic heterocycles. The van der Waals surface area contributed by atoms with Crippen LogP contribution in [-0.4, -0.2) is 47.3 Å². The van der Waals surface area contributed by atoms with Crippen LogP contribution >= 0.6 is 11.6 Å².